The summed E-state index contributed by atoms with van der Waals surface area (Å²) < 4.78 is 39.7. The highest BCUT2D eigenvalue weighted by Gasteiger charge is 2.27. The lowest BCUT2D eigenvalue weighted by Gasteiger charge is -2.30. The number of piperidine rings is 1. The highest BCUT2D eigenvalue weighted by molar-refractivity contribution is 5.94. The molecule has 1 atom stereocenters. The van der Waals surface area contributed by atoms with E-state index in [1.807, 2.05) is 0 Å². The van der Waals surface area contributed by atoms with E-state index >= 15 is 0 Å². The summed E-state index contributed by atoms with van der Waals surface area (Å²) in [5.41, 5.74) is 4.98. The van der Waals surface area contributed by atoms with Gasteiger partial charge < -0.3 is 10.6 Å². The average molecular weight is 258 g/mol. The van der Waals surface area contributed by atoms with E-state index in [-0.39, 0.29) is 12.6 Å². The second kappa shape index (κ2) is 4.97. The van der Waals surface area contributed by atoms with E-state index in [1.165, 1.54) is 4.90 Å². The Hall–Kier alpha value is -1.56. The fourth-order valence-corrected chi connectivity index (χ4v) is 2.10. The molecule has 0 radical (unpaired) electrons. The number of amides is 1. The minimum absolute atomic E-state index is 0.186. The third-order valence-corrected chi connectivity index (χ3v) is 2.97. The van der Waals surface area contributed by atoms with Crippen molar-refractivity contribution in [2.45, 2.75) is 18.9 Å². The van der Waals surface area contributed by atoms with Gasteiger partial charge in [-0.05, 0) is 12.8 Å². The number of nitrogens with zero attached hydrogens (tertiary/aromatic N) is 1. The Morgan fingerprint density at radius 2 is 1.89 bits per heavy atom. The quantitative estimate of drug-likeness (QED) is 0.832. The van der Waals surface area contributed by atoms with Gasteiger partial charge in [0.1, 0.15) is 23.0 Å². The predicted octanol–water partition coefficient (Wildman–Crippen LogP) is 1.67. The van der Waals surface area contributed by atoms with Crippen LogP contribution in [0.2, 0.25) is 0 Å². The molecular formula is C12H13F3N2O. The molecule has 1 amide bonds. The van der Waals surface area contributed by atoms with Gasteiger partial charge in [-0.25, -0.2) is 13.2 Å². The highest BCUT2D eigenvalue weighted by atomic mass is 19.1. The molecule has 1 aromatic rings. The molecule has 0 saturated carbocycles. The van der Waals surface area contributed by atoms with Crippen LogP contribution in [0, 0.1) is 17.5 Å². The van der Waals surface area contributed by atoms with Crippen LogP contribution in [0.5, 0.6) is 0 Å². The van der Waals surface area contributed by atoms with Gasteiger partial charge in [0.15, 0.2) is 0 Å². The lowest BCUT2D eigenvalue weighted by atomic mass is 10.0. The van der Waals surface area contributed by atoms with Crippen molar-refractivity contribution >= 4 is 5.91 Å². The molecule has 0 aromatic heterocycles. The summed E-state index contributed by atoms with van der Waals surface area (Å²) in [7, 11) is 0. The van der Waals surface area contributed by atoms with Crippen LogP contribution in [-0.4, -0.2) is 29.9 Å². The second-order valence-corrected chi connectivity index (χ2v) is 4.40. The zero-order valence-corrected chi connectivity index (χ0v) is 9.63. The molecule has 0 spiro atoms. The average Bonchev–Trinajstić information content (AvgIpc) is 2.27. The van der Waals surface area contributed by atoms with Crippen LogP contribution >= 0.6 is 0 Å². The van der Waals surface area contributed by atoms with Gasteiger partial charge in [-0.2, -0.15) is 0 Å². The second-order valence-electron chi connectivity index (χ2n) is 4.40. The lowest BCUT2D eigenvalue weighted by molar-refractivity contribution is 0.0698. The molecule has 6 heteroatoms. The van der Waals surface area contributed by atoms with Crippen molar-refractivity contribution in [3.63, 3.8) is 0 Å². The Kier molecular flexibility index (Phi) is 3.56. The fraction of sp³-hybridized carbons (Fsp3) is 0.417. The van der Waals surface area contributed by atoms with E-state index in [2.05, 4.69) is 0 Å². The van der Waals surface area contributed by atoms with Gasteiger partial charge in [0.25, 0.3) is 5.91 Å². The fourth-order valence-electron chi connectivity index (χ4n) is 2.10. The van der Waals surface area contributed by atoms with E-state index < -0.39 is 28.9 Å². The number of carbonyl (C=O) groups is 1. The topological polar surface area (TPSA) is 46.3 Å². The van der Waals surface area contributed by atoms with Crippen LogP contribution in [-0.2, 0) is 0 Å². The van der Waals surface area contributed by atoms with Crippen molar-refractivity contribution in [1.29, 1.82) is 0 Å². The van der Waals surface area contributed by atoms with Crippen molar-refractivity contribution in [3.8, 4) is 0 Å². The van der Waals surface area contributed by atoms with E-state index in [0.717, 1.165) is 6.42 Å². The third-order valence-electron chi connectivity index (χ3n) is 2.97. The summed E-state index contributed by atoms with van der Waals surface area (Å²) in [6, 6.07) is 0.815. The summed E-state index contributed by atoms with van der Waals surface area (Å²) in [6.07, 6.45) is 1.47. The molecule has 18 heavy (non-hydrogen) atoms. The van der Waals surface area contributed by atoms with Crippen LogP contribution in [0.3, 0.4) is 0 Å². The van der Waals surface area contributed by atoms with Crippen LogP contribution in [0.25, 0.3) is 0 Å². The van der Waals surface area contributed by atoms with Crippen molar-refractivity contribution in [1.82, 2.24) is 4.90 Å². The number of likely N-dealkylation sites (tertiary alicyclic amines) is 1. The summed E-state index contributed by atoms with van der Waals surface area (Å²) in [5.74, 6) is -4.19. The van der Waals surface area contributed by atoms with Crippen LogP contribution in [0.15, 0.2) is 12.1 Å². The smallest absolute Gasteiger partial charge is 0.259 e. The molecule has 1 aromatic carbocycles. The number of hydrogen-bond donors (Lipinski definition) is 1. The molecule has 1 unspecified atom stereocenters. The molecule has 1 heterocycles. The number of hydrogen-bond acceptors (Lipinski definition) is 2. The summed E-state index contributed by atoms with van der Waals surface area (Å²) >= 11 is 0. The summed E-state index contributed by atoms with van der Waals surface area (Å²) in [4.78, 5) is 13.3. The number of carbonyl (C=O) groups excluding carboxylic acids is 1. The van der Waals surface area contributed by atoms with Crippen LogP contribution in [0.1, 0.15) is 23.2 Å². The molecule has 2 N–H and O–H groups in total. The van der Waals surface area contributed by atoms with Gasteiger partial charge in [-0.15, -0.1) is 0 Å². The molecular weight excluding hydrogens is 245 g/mol. The predicted molar refractivity (Wildman–Crippen MR) is 59.4 cm³/mol. The number of benzene rings is 1. The molecule has 0 aliphatic carbocycles. The van der Waals surface area contributed by atoms with E-state index in [9.17, 15) is 18.0 Å². The normalized spacial score (nSPS) is 20.0. The molecule has 0 bridgehead atoms. The third kappa shape index (κ3) is 2.48. The first-order valence-corrected chi connectivity index (χ1v) is 5.68. The van der Waals surface area contributed by atoms with Gasteiger partial charge in [0.05, 0.1) is 0 Å². The zero-order valence-electron chi connectivity index (χ0n) is 9.63. The molecule has 98 valence electrons. The molecule has 1 fully saturated rings. The SMILES string of the molecule is NC1CCCN(C(=O)c2c(F)cc(F)cc2F)C1. The monoisotopic (exact) mass is 258 g/mol. The standard InChI is InChI=1S/C12H13F3N2O/c13-7-4-9(14)11(10(15)5-7)12(18)17-3-1-2-8(16)6-17/h4-5,8H,1-3,6,16H2. The van der Waals surface area contributed by atoms with Gasteiger partial charge in [-0.1, -0.05) is 0 Å². The number of halogens is 3. The Labute approximate surface area is 102 Å². The lowest BCUT2D eigenvalue weighted by Crippen LogP contribution is -2.46. The van der Waals surface area contributed by atoms with Gasteiger partial charge in [0.2, 0.25) is 0 Å². The maximum Gasteiger partial charge on any atom is 0.259 e. The van der Waals surface area contributed by atoms with Crippen molar-refractivity contribution < 1.29 is 18.0 Å². The zero-order chi connectivity index (χ0) is 13.3. The molecule has 2 rings (SSSR count). The van der Waals surface area contributed by atoms with Gasteiger partial charge >= 0.3 is 0 Å². The number of rotatable bonds is 1. The minimum atomic E-state index is -1.18. The maximum atomic E-state index is 13.5. The maximum absolute atomic E-state index is 13.5. The van der Waals surface area contributed by atoms with Crippen LogP contribution in [0.4, 0.5) is 13.2 Å². The first-order valence-electron chi connectivity index (χ1n) is 5.68. The largest absolute Gasteiger partial charge is 0.337 e. The van der Waals surface area contributed by atoms with Crippen molar-refractivity contribution in [2.24, 2.45) is 5.73 Å². The van der Waals surface area contributed by atoms with Crippen LogP contribution < -0.4 is 5.73 Å². The summed E-state index contributed by atoms with van der Waals surface area (Å²) in [6.45, 7) is 0.665. The Bertz CT molecular complexity index is 455. The molecule has 1 aliphatic rings. The first kappa shape index (κ1) is 12.9. The molecule has 3 nitrogen and oxygen atoms in total. The Morgan fingerprint density at radius 3 is 2.44 bits per heavy atom. The van der Waals surface area contributed by atoms with E-state index in [1.54, 1.807) is 0 Å². The minimum Gasteiger partial charge on any atom is -0.337 e. The van der Waals surface area contributed by atoms with Gasteiger partial charge in [-0.3, -0.25) is 4.79 Å². The van der Waals surface area contributed by atoms with Gasteiger partial charge in [0, 0.05) is 31.3 Å². The van der Waals surface area contributed by atoms with Crippen molar-refractivity contribution in [3.05, 3.63) is 35.1 Å². The molecule has 1 aliphatic heterocycles. The Balaban J connectivity index is 2.28. The number of nitrogens with two attached hydrogens (primary N) is 1. The Morgan fingerprint density at radius 1 is 1.28 bits per heavy atom. The van der Waals surface area contributed by atoms with E-state index in [0.29, 0.717) is 25.1 Å². The van der Waals surface area contributed by atoms with E-state index in [4.69, 9.17) is 5.73 Å². The van der Waals surface area contributed by atoms with Crippen molar-refractivity contribution in [2.75, 3.05) is 13.1 Å². The molecule has 1 saturated heterocycles. The summed E-state index contributed by atoms with van der Waals surface area (Å²) in [5, 5.41) is 0. The highest BCUT2D eigenvalue weighted by Crippen LogP contribution is 2.19. The first-order chi connectivity index (χ1) is 8.49.